The van der Waals surface area contributed by atoms with Crippen LogP contribution < -0.4 is 5.73 Å². The number of benzene rings is 1. The Hall–Kier alpha value is -0.190. The summed E-state index contributed by atoms with van der Waals surface area (Å²) in [6.45, 7) is -0.0560. The maximum atomic E-state index is 9.54. The molecule has 0 saturated heterocycles. The number of aromatic hydroxyl groups is 1. The van der Waals surface area contributed by atoms with Gasteiger partial charge in [0, 0.05) is 23.2 Å². The Bertz CT molecular complexity index is 310. The van der Waals surface area contributed by atoms with Crippen LogP contribution in [0.1, 0.15) is 18.0 Å². The predicted molar refractivity (Wildman–Crippen MR) is 64.0 cm³/mol. The maximum absolute atomic E-state index is 9.54. The number of hydrogen-bond donors (Lipinski definition) is 3. The maximum Gasteiger partial charge on any atom is 0.123 e. The third kappa shape index (κ3) is 3.70. The molecule has 0 radical (unpaired) electrons. The lowest BCUT2D eigenvalue weighted by Gasteiger charge is -2.14. The molecule has 0 aliphatic carbocycles. The highest BCUT2D eigenvalue weighted by atomic mass is 35.5. The lowest BCUT2D eigenvalue weighted by atomic mass is 10.0. The zero-order valence-corrected chi connectivity index (χ0v) is 10.1. The van der Waals surface area contributed by atoms with E-state index in [9.17, 15) is 5.11 Å². The van der Waals surface area contributed by atoms with Gasteiger partial charge in [0.1, 0.15) is 5.75 Å². The average molecular weight is 273 g/mol. The average Bonchev–Trinajstić information content (AvgIpc) is 2.01. The Morgan fingerprint density at radius 1 is 1.33 bits per heavy atom. The van der Waals surface area contributed by atoms with Crippen LogP contribution in [0.3, 0.4) is 0 Å². The van der Waals surface area contributed by atoms with Crippen molar-refractivity contribution in [1.29, 1.82) is 0 Å². The van der Waals surface area contributed by atoms with E-state index in [4.69, 9.17) is 34.0 Å². The second kappa shape index (κ2) is 6.40. The van der Waals surface area contributed by atoms with E-state index in [2.05, 4.69) is 0 Å². The third-order valence-corrected chi connectivity index (χ3v) is 2.41. The van der Waals surface area contributed by atoms with Gasteiger partial charge in [-0.15, -0.1) is 12.4 Å². The summed E-state index contributed by atoms with van der Waals surface area (Å²) in [5.41, 5.74) is 6.13. The highest BCUT2D eigenvalue weighted by molar-refractivity contribution is 6.35. The molecule has 0 saturated carbocycles. The highest BCUT2D eigenvalue weighted by Gasteiger charge is 2.15. The minimum atomic E-state index is -0.482. The minimum Gasteiger partial charge on any atom is -0.508 e. The van der Waals surface area contributed by atoms with Crippen LogP contribution in [0.4, 0.5) is 0 Å². The van der Waals surface area contributed by atoms with Crippen molar-refractivity contribution in [3.63, 3.8) is 0 Å². The molecule has 0 amide bonds. The molecule has 1 aromatic carbocycles. The van der Waals surface area contributed by atoms with E-state index in [1.807, 2.05) is 0 Å². The summed E-state index contributed by atoms with van der Waals surface area (Å²) in [6.07, 6.45) is 0.342. The first-order valence-corrected chi connectivity index (χ1v) is 4.86. The molecule has 0 aliphatic rings. The van der Waals surface area contributed by atoms with E-state index in [0.29, 0.717) is 22.0 Å². The molecule has 86 valence electrons. The van der Waals surface area contributed by atoms with Crippen LogP contribution >= 0.6 is 35.6 Å². The van der Waals surface area contributed by atoms with Gasteiger partial charge in [-0.3, -0.25) is 0 Å². The van der Waals surface area contributed by atoms with Crippen LogP contribution in [0.25, 0.3) is 0 Å². The van der Waals surface area contributed by atoms with Gasteiger partial charge in [-0.25, -0.2) is 0 Å². The standard InChI is InChI=1S/C9H11Cl2NO2.ClH/c10-5-3-6(11)9(8(14)4-5)7(12)1-2-13;/h3-4,7,13-14H,1-2,12H2;1H/t7-;/m0./s1. The summed E-state index contributed by atoms with van der Waals surface area (Å²) in [7, 11) is 0. The molecule has 0 aliphatic heterocycles. The van der Waals surface area contributed by atoms with Gasteiger partial charge in [-0.05, 0) is 18.6 Å². The van der Waals surface area contributed by atoms with Crippen LogP contribution in [0, 0.1) is 0 Å². The molecule has 0 spiro atoms. The summed E-state index contributed by atoms with van der Waals surface area (Å²) in [5, 5.41) is 18.9. The Kier molecular flexibility index (Phi) is 6.32. The lowest BCUT2D eigenvalue weighted by Crippen LogP contribution is -2.12. The Balaban J connectivity index is 0.00000196. The molecule has 0 fully saturated rings. The second-order valence-corrected chi connectivity index (χ2v) is 3.78. The molecule has 0 aromatic heterocycles. The molecule has 3 nitrogen and oxygen atoms in total. The van der Waals surface area contributed by atoms with Gasteiger partial charge in [0.25, 0.3) is 0 Å². The fourth-order valence-electron chi connectivity index (χ4n) is 1.22. The van der Waals surface area contributed by atoms with Gasteiger partial charge < -0.3 is 15.9 Å². The number of aliphatic hydroxyl groups excluding tert-OH is 1. The number of nitrogens with two attached hydrogens (primary N) is 1. The molecule has 1 atom stereocenters. The fourth-order valence-corrected chi connectivity index (χ4v) is 1.84. The van der Waals surface area contributed by atoms with Gasteiger partial charge in [-0.1, -0.05) is 23.2 Å². The summed E-state index contributed by atoms with van der Waals surface area (Å²) < 4.78 is 0. The van der Waals surface area contributed by atoms with Crippen LogP contribution in [-0.4, -0.2) is 16.8 Å². The van der Waals surface area contributed by atoms with E-state index in [-0.39, 0.29) is 24.8 Å². The number of phenolic OH excluding ortho intramolecular Hbond substituents is 1. The van der Waals surface area contributed by atoms with Gasteiger partial charge in [0.2, 0.25) is 0 Å². The molecule has 1 rings (SSSR count). The van der Waals surface area contributed by atoms with E-state index < -0.39 is 6.04 Å². The van der Waals surface area contributed by atoms with Crippen molar-refractivity contribution in [2.45, 2.75) is 12.5 Å². The van der Waals surface area contributed by atoms with Crippen LogP contribution in [-0.2, 0) is 0 Å². The smallest absolute Gasteiger partial charge is 0.123 e. The molecule has 6 heteroatoms. The molecule has 0 bridgehead atoms. The van der Waals surface area contributed by atoms with Crippen LogP contribution in [0.5, 0.6) is 5.75 Å². The zero-order chi connectivity index (χ0) is 10.7. The number of rotatable bonds is 3. The van der Waals surface area contributed by atoms with Crippen molar-refractivity contribution in [2.75, 3.05) is 6.61 Å². The topological polar surface area (TPSA) is 66.5 Å². The minimum absolute atomic E-state index is 0. The van der Waals surface area contributed by atoms with Gasteiger partial charge in [0.15, 0.2) is 0 Å². The monoisotopic (exact) mass is 271 g/mol. The first kappa shape index (κ1) is 14.8. The molecule has 1 aromatic rings. The number of phenols is 1. The van der Waals surface area contributed by atoms with E-state index >= 15 is 0 Å². The Labute approximate surface area is 104 Å². The van der Waals surface area contributed by atoms with Crippen molar-refractivity contribution in [2.24, 2.45) is 5.73 Å². The van der Waals surface area contributed by atoms with Crippen molar-refractivity contribution in [3.05, 3.63) is 27.7 Å². The Morgan fingerprint density at radius 3 is 2.40 bits per heavy atom. The summed E-state index contributed by atoms with van der Waals surface area (Å²) in [6, 6.07) is 2.40. The molecule has 15 heavy (non-hydrogen) atoms. The highest BCUT2D eigenvalue weighted by Crippen LogP contribution is 2.34. The van der Waals surface area contributed by atoms with Crippen molar-refractivity contribution >= 4 is 35.6 Å². The Morgan fingerprint density at radius 2 is 1.93 bits per heavy atom. The molecule has 0 heterocycles. The molecule has 0 unspecified atom stereocenters. The first-order chi connectivity index (χ1) is 6.56. The summed E-state index contributed by atoms with van der Waals surface area (Å²) in [4.78, 5) is 0. The summed E-state index contributed by atoms with van der Waals surface area (Å²) in [5.74, 6) is -0.0385. The third-order valence-electron chi connectivity index (χ3n) is 1.88. The van der Waals surface area contributed by atoms with E-state index in [0.717, 1.165) is 0 Å². The molecule has 4 N–H and O–H groups in total. The van der Waals surface area contributed by atoms with E-state index in [1.165, 1.54) is 12.1 Å². The van der Waals surface area contributed by atoms with Gasteiger partial charge in [0.05, 0.1) is 5.02 Å². The SMILES string of the molecule is Cl.N[C@@H](CCO)c1c(O)cc(Cl)cc1Cl. The van der Waals surface area contributed by atoms with Crippen LogP contribution in [0.15, 0.2) is 12.1 Å². The quantitative estimate of drug-likeness (QED) is 0.792. The number of aliphatic hydroxyl groups is 1. The largest absolute Gasteiger partial charge is 0.508 e. The van der Waals surface area contributed by atoms with Crippen LogP contribution in [0.2, 0.25) is 10.0 Å². The lowest BCUT2D eigenvalue weighted by molar-refractivity contribution is 0.275. The first-order valence-electron chi connectivity index (χ1n) is 4.10. The number of halogens is 3. The normalized spacial score (nSPS) is 12.0. The van der Waals surface area contributed by atoms with Gasteiger partial charge in [-0.2, -0.15) is 0 Å². The van der Waals surface area contributed by atoms with Gasteiger partial charge >= 0.3 is 0 Å². The molecular formula is C9H12Cl3NO2. The van der Waals surface area contributed by atoms with Crippen molar-refractivity contribution in [1.82, 2.24) is 0 Å². The second-order valence-electron chi connectivity index (χ2n) is 2.94. The number of hydrogen-bond acceptors (Lipinski definition) is 3. The van der Waals surface area contributed by atoms with Crippen molar-refractivity contribution < 1.29 is 10.2 Å². The summed E-state index contributed by atoms with van der Waals surface area (Å²) >= 11 is 11.5. The zero-order valence-electron chi connectivity index (χ0n) is 7.78. The van der Waals surface area contributed by atoms with Crippen molar-refractivity contribution in [3.8, 4) is 5.75 Å². The predicted octanol–water partition coefficient (Wildman–Crippen LogP) is 2.50. The fraction of sp³-hybridized carbons (Fsp3) is 0.333. The molecular weight excluding hydrogens is 260 g/mol. The van der Waals surface area contributed by atoms with E-state index in [1.54, 1.807) is 0 Å².